The zero-order valence-electron chi connectivity index (χ0n) is 11.5. The van der Waals surface area contributed by atoms with Crippen molar-refractivity contribution in [3.63, 3.8) is 0 Å². The van der Waals surface area contributed by atoms with Crippen molar-refractivity contribution in [2.24, 2.45) is 0 Å². The van der Waals surface area contributed by atoms with Crippen LogP contribution >= 0.6 is 11.6 Å². The molecule has 110 valence electrons. The molecule has 0 bridgehead atoms. The Bertz CT molecular complexity index is 450. The van der Waals surface area contributed by atoms with Crippen LogP contribution in [-0.2, 0) is 0 Å². The molecule has 1 N–H and O–H groups in total. The average molecular weight is 299 g/mol. The highest BCUT2D eigenvalue weighted by Crippen LogP contribution is 2.17. The maximum Gasteiger partial charge on any atom is 0.317 e. The second-order valence-electron chi connectivity index (χ2n) is 4.67. The smallest absolute Gasteiger partial charge is 0.317 e. The molecule has 7 heteroatoms. The van der Waals surface area contributed by atoms with Gasteiger partial charge < -0.3 is 15.0 Å². The van der Waals surface area contributed by atoms with Gasteiger partial charge in [0.1, 0.15) is 11.9 Å². The zero-order valence-corrected chi connectivity index (χ0v) is 12.3. The van der Waals surface area contributed by atoms with Crippen LogP contribution in [0.1, 0.15) is 18.7 Å². The molecule has 0 atom stereocenters. The summed E-state index contributed by atoms with van der Waals surface area (Å²) in [5.41, 5.74) is 0. The third-order valence-electron chi connectivity index (χ3n) is 3.14. The normalized spacial score (nSPS) is 16.0. The standard InChI is InChI=1S/C13H19ClN4O2/c1-10-15-6-2-12(17-10)20-11-3-8-18(9-4-11)13(19)16-7-5-14/h2,6,11H,3-5,7-9H2,1H3,(H,16,19). The Morgan fingerprint density at radius 3 is 2.95 bits per heavy atom. The van der Waals surface area contributed by atoms with E-state index in [2.05, 4.69) is 15.3 Å². The molecule has 20 heavy (non-hydrogen) atoms. The number of likely N-dealkylation sites (tertiary alicyclic amines) is 1. The Kier molecular flexibility index (Phi) is 5.40. The van der Waals surface area contributed by atoms with E-state index >= 15 is 0 Å². The number of hydrogen-bond donors (Lipinski definition) is 1. The van der Waals surface area contributed by atoms with E-state index in [1.807, 2.05) is 6.92 Å². The molecule has 0 aromatic carbocycles. The summed E-state index contributed by atoms with van der Waals surface area (Å²) in [5, 5.41) is 2.77. The highest BCUT2D eigenvalue weighted by atomic mass is 35.5. The molecule has 2 heterocycles. The van der Waals surface area contributed by atoms with E-state index in [1.54, 1.807) is 17.2 Å². The number of aromatic nitrogens is 2. The van der Waals surface area contributed by atoms with Crippen LogP contribution in [0.2, 0.25) is 0 Å². The number of ether oxygens (including phenoxy) is 1. The number of nitrogens with one attached hydrogen (secondary N) is 1. The van der Waals surface area contributed by atoms with Gasteiger partial charge >= 0.3 is 6.03 Å². The number of nitrogens with zero attached hydrogens (tertiary/aromatic N) is 3. The number of carbonyl (C=O) groups is 1. The fourth-order valence-electron chi connectivity index (χ4n) is 2.11. The Hall–Kier alpha value is -1.56. The van der Waals surface area contributed by atoms with Crippen LogP contribution in [-0.4, -0.2) is 52.5 Å². The van der Waals surface area contributed by atoms with Crippen molar-refractivity contribution in [2.75, 3.05) is 25.5 Å². The number of hydrogen-bond acceptors (Lipinski definition) is 4. The van der Waals surface area contributed by atoms with Gasteiger partial charge in [0, 0.05) is 50.6 Å². The Morgan fingerprint density at radius 1 is 1.55 bits per heavy atom. The van der Waals surface area contributed by atoms with E-state index < -0.39 is 0 Å². The first-order valence-corrected chi connectivity index (χ1v) is 7.27. The van der Waals surface area contributed by atoms with Gasteiger partial charge in [-0.3, -0.25) is 0 Å². The van der Waals surface area contributed by atoms with Crippen LogP contribution in [0.15, 0.2) is 12.3 Å². The Labute approximate surface area is 123 Å². The molecule has 1 aliphatic rings. The molecule has 1 aromatic heterocycles. The van der Waals surface area contributed by atoms with Crippen LogP contribution in [0.3, 0.4) is 0 Å². The fraction of sp³-hybridized carbons (Fsp3) is 0.615. The molecule has 6 nitrogen and oxygen atoms in total. The average Bonchev–Trinajstić information content (AvgIpc) is 2.45. The maximum atomic E-state index is 11.8. The molecule has 0 unspecified atom stereocenters. The second-order valence-corrected chi connectivity index (χ2v) is 5.05. The summed E-state index contributed by atoms with van der Waals surface area (Å²) in [6, 6.07) is 1.70. The molecule has 1 fully saturated rings. The van der Waals surface area contributed by atoms with E-state index in [9.17, 15) is 4.79 Å². The highest BCUT2D eigenvalue weighted by Gasteiger charge is 2.23. The van der Waals surface area contributed by atoms with Gasteiger partial charge in [-0.2, -0.15) is 4.98 Å². The molecule has 0 spiro atoms. The van der Waals surface area contributed by atoms with Gasteiger partial charge in [-0.1, -0.05) is 0 Å². The van der Waals surface area contributed by atoms with E-state index in [-0.39, 0.29) is 12.1 Å². The van der Waals surface area contributed by atoms with Crippen molar-refractivity contribution in [3.8, 4) is 5.88 Å². The number of alkyl halides is 1. The molecular weight excluding hydrogens is 280 g/mol. The summed E-state index contributed by atoms with van der Waals surface area (Å²) in [5.74, 6) is 1.72. The number of urea groups is 1. The lowest BCUT2D eigenvalue weighted by atomic mass is 10.1. The lowest BCUT2D eigenvalue weighted by molar-refractivity contribution is 0.107. The lowest BCUT2D eigenvalue weighted by Crippen LogP contribution is -2.46. The third kappa shape index (κ3) is 4.23. The minimum Gasteiger partial charge on any atom is -0.474 e. The van der Waals surface area contributed by atoms with E-state index in [0.29, 0.717) is 37.2 Å². The number of rotatable bonds is 4. The lowest BCUT2D eigenvalue weighted by Gasteiger charge is -2.31. The molecule has 1 saturated heterocycles. The summed E-state index contributed by atoms with van der Waals surface area (Å²) >= 11 is 5.55. The highest BCUT2D eigenvalue weighted by molar-refractivity contribution is 6.18. The van der Waals surface area contributed by atoms with E-state index in [0.717, 1.165) is 12.8 Å². The van der Waals surface area contributed by atoms with Gasteiger partial charge in [0.25, 0.3) is 0 Å². The van der Waals surface area contributed by atoms with Crippen LogP contribution < -0.4 is 10.1 Å². The van der Waals surface area contributed by atoms with Crippen molar-refractivity contribution < 1.29 is 9.53 Å². The van der Waals surface area contributed by atoms with Crippen molar-refractivity contribution in [3.05, 3.63) is 18.1 Å². The van der Waals surface area contributed by atoms with E-state index in [4.69, 9.17) is 16.3 Å². The van der Waals surface area contributed by atoms with Crippen LogP contribution in [0.5, 0.6) is 5.88 Å². The molecule has 0 saturated carbocycles. The number of carbonyl (C=O) groups excluding carboxylic acids is 1. The first-order chi connectivity index (χ1) is 9.69. The molecule has 0 aliphatic carbocycles. The molecule has 1 aromatic rings. The third-order valence-corrected chi connectivity index (χ3v) is 3.33. The predicted octanol–water partition coefficient (Wildman–Crippen LogP) is 1.58. The van der Waals surface area contributed by atoms with Gasteiger partial charge in [-0.25, -0.2) is 9.78 Å². The second kappa shape index (κ2) is 7.28. The number of amides is 2. The summed E-state index contributed by atoms with van der Waals surface area (Å²) in [6.45, 7) is 3.69. The van der Waals surface area contributed by atoms with Gasteiger partial charge in [0.05, 0.1) is 0 Å². The van der Waals surface area contributed by atoms with Gasteiger partial charge in [0.15, 0.2) is 0 Å². The topological polar surface area (TPSA) is 67.3 Å². The van der Waals surface area contributed by atoms with Gasteiger partial charge in [-0.15, -0.1) is 11.6 Å². The van der Waals surface area contributed by atoms with Crippen LogP contribution in [0, 0.1) is 6.92 Å². The number of piperidine rings is 1. The van der Waals surface area contributed by atoms with Crippen molar-refractivity contribution >= 4 is 17.6 Å². The minimum atomic E-state index is -0.0537. The summed E-state index contributed by atoms with van der Waals surface area (Å²) in [6.07, 6.45) is 3.39. The minimum absolute atomic E-state index is 0.0537. The number of aryl methyl sites for hydroxylation is 1. The quantitative estimate of drug-likeness (QED) is 0.857. The molecule has 2 amide bonds. The maximum absolute atomic E-state index is 11.8. The first kappa shape index (κ1) is 14.8. The monoisotopic (exact) mass is 298 g/mol. The molecular formula is C13H19ClN4O2. The largest absolute Gasteiger partial charge is 0.474 e. The summed E-state index contributed by atoms with van der Waals surface area (Å²) < 4.78 is 5.81. The fourth-order valence-corrected chi connectivity index (χ4v) is 2.21. The summed E-state index contributed by atoms with van der Waals surface area (Å²) in [4.78, 5) is 21.8. The van der Waals surface area contributed by atoms with Crippen molar-refractivity contribution in [2.45, 2.75) is 25.9 Å². The molecule has 0 radical (unpaired) electrons. The van der Waals surface area contributed by atoms with Crippen LogP contribution in [0.4, 0.5) is 4.79 Å². The van der Waals surface area contributed by atoms with E-state index in [1.165, 1.54) is 0 Å². The Balaban J connectivity index is 1.78. The molecule has 1 aliphatic heterocycles. The van der Waals surface area contributed by atoms with Gasteiger partial charge in [0.2, 0.25) is 5.88 Å². The van der Waals surface area contributed by atoms with Crippen molar-refractivity contribution in [1.82, 2.24) is 20.2 Å². The first-order valence-electron chi connectivity index (χ1n) is 6.74. The summed E-state index contributed by atoms with van der Waals surface area (Å²) in [7, 11) is 0. The SMILES string of the molecule is Cc1nccc(OC2CCN(C(=O)NCCCl)CC2)n1. The van der Waals surface area contributed by atoms with Gasteiger partial charge in [-0.05, 0) is 6.92 Å². The number of halogens is 1. The Morgan fingerprint density at radius 2 is 2.30 bits per heavy atom. The van der Waals surface area contributed by atoms with Crippen LogP contribution in [0.25, 0.3) is 0 Å². The predicted molar refractivity (Wildman–Crippen MR) is 76.1 cm³/mol. The van der Waals surface area contributed by atoms with Crippen molar-refractivity contribution in [1.29, 1.82) is 0 Å². The molecule has 2 rings (SSSR count). The zero-order chi connectivity index (χ0) is 14.4.